The third kappa shape index (κ3) is 6.19. The average molecular weight is 358 g/mol. The zero-order chi connectivity index (χ0) is 18.2. The molecule has 132 valence electrons. The van der Waals surface area contributed by atoms with Crippen LogP contribution < -0.4 is 10.2 Å². The number of benzene rings is 1. The Labute approximate surface area is 152 Å². The molecule has 1 heterocycles. The van der Waals surface area contributed by atoms with Crippen LogP contribution in [0.25, 0.3) is 0 Å². The minimum Gasteiger partial charge on any atom is -0.494 e. The smallest absolute Gasteiger partial charge is 0.250 e. The van der Waals surface area contributed by atoms with E-state index in [1.165, 1.54) is 11.8 Å². The SMILES string of the molecule is CCOc1ccc(C(C)=NNC(=O)CSc2nc(C)cc(C)n2)cc1. The lowest BCUT2D eigenvalue weighted by atomic mass is 10.1. The number of rotatable bonds is 7. The van der Waals surface area contributed by atoms with Gasteiger partial charge in [-0.05, 0) is 63.6 Å². The van der Waals surface area contributed by atoms with Crippen molar-refractivity contribution in [2.75, 3.05) is 12.4 Å². The van der Waals surface area contributed by atoms with Crippen molar-refractivity contribution < 1.29 is 9.53 Å². The Morgan fingerprint density at radius 2 is 1.84 bits per heavy atom. The minimum atomic E-state index is -0.196. The maximum atomic E-state index is 11.9. The van der Waals surface area contributed by atoms with Gasteiger partial charge in [0.2, 0.25) is 0 Å². The van der Waals surface area contributed by atoms with E-state index in [-0.39, 0.29) is 11.7 Å². The molecule has 0 aliphatic rings. The highest BCUT2D eigenvalue weighted by Gasteiger charge is 2.06. The molecule has 0 unspecified atom stereocenters. The van der Waals surface area contributed by atoms with Gasteiger partial charge in [0.1, 0.15) is 5.75 Å². The third-order valence-corrected chi connectivity index (χ3v) is 4.07. The number of thioether (sulfide) groups is 1. The van der Waals surface area contributed by atoms with E-state index in [4.69, 9.17) is 4.74 Å². The van der Waals surface area contributed by atoms with E-state index in [1.807, 2.05) is 58.0 Å². The van der Waals surface area contributed by atoms with Crippen LogP contribution in [0, 0.1) is 13.8 Å². The van der Waals surface area contributed by atoms with Crippen LogP contribution in [0.3, 0.4) is 0 Å². The largest absolute Gasteiger partial charge is 0.494 e. The summed E-state index contributed by atoms with van der Waals surface area (Å²) >= 11 is 1.29. The van der Waals surface area contributed by atoms with E-state index in [9.17, 15) is 4.79 Å². The number of nitrogens with zero attached hydrogens (tertiary/aromatic N) is 3. The van der Waals surface area contributed by atoms with Crippen LogP contribution in [0.5, 0.6) is 5.75 Å². The first-order valence-electron chi connectivity index (χ1n) is 7.99. The van der Waals surface area contributed by atoms with Gasteiger partial charge in [0.25, 0.3) is 5.91 Å². The zero-order valence-corrected chi connectivity index (χ0v) is 15.7. The fourth-order valence-electron chi connectivity index (χ4n) is 2.09. The number of amides is 1. The van der Waals surface area contributed by atoms with Gasteiger partial charge in [0.05, 0.1) is 18.1 Å². The molecule has 1 aromatic carbocycles. The van der Waals surface area contributed by atoms with E-state index < -0.39 is 0 Å². The maximum absolute atomic E-state index is 11.9. The first kappa shape index (κ1) is 18.9. The van der Waals surface area contributed by atoms with Crippen LogP contribution in [0.2, 0.25) is 0 Å². The molecule has 2 rings (SSSR count). The molecule has 6 nitrogen and oxygen atoms in total. The fourth-order valence-corrected chi connectivity index (χ4v) is 2.83. The summed E-state index contributed by atoms with van der Waals surface area (Å²) in [5, 5.41) is 4.74. The van der Waals surface area contributed by atoms with Crippen LogP contribution in [-0.2, 0) is 4.79 Å². The van der Waals surface area contributed by atoms with Crippen LogP contribution in [0.4, 0.5) is 0 Å². The van der Waals surface area contributed by atoms with Crippen LogP contribution >= 0.6 is 11.8 Å². The number of carbonyl (C=O) groups is 1. The summed E-state index contributed by atoms with van der Waals surface area (Å²) in [6.45, 7) is 8.23. The molecule has 0 bridgehead atoms. The number of carbonyl (C=O) groups excluding carboxylic acids is 1. The van der Waals surface area contributed by atoms with Crippen molar-refractivity contribution in [3.63, 3.8) is 0 Å². The van der Waals surface area contributed by atoms with Gasteiger partial charge in [-0.2, -0.15) is 5.10 Å². The molecule has 1 N–H and O–H groups in total. The van der Waals surface area contributed by atoms with Gasteiger partial charge >= 0.3 is 0 Å². The molecular formula is C18H22N4O2S. The second kappa shape index (κ2) is 9.17. The van der Waals surface area contributed by atoms with Gasteiger partial charge in [-0.3, -0.25) is 4.79 Å². The van der Waals surface area contributed by atoms with Gasteiger partial charge in [-0.25, -0.2) is 15.4 Å². The summed E-state index contributed by atoms with van der Waals surface area (Å²) in [6, 6.07) is 9.48. The van der Waals surface area contributed by atoms with Gasteiger partial charge in [0, 0.05) is 11.4 Å². The molecule has 0 aliphatic carbocycles. The molecule has 0 fully saturated rings. The lowest BCUT2D eigenvalue weighted by Gasteiger charge is -2.06. The molecule has 1 amide bonds. The van der Waals surface area contributed by atoms with Crippen LogP contribution in [-0.4, -0.2) is 33.9 Å². The van der Waals surface area contributed by atoms with Crippen molar-refractivity contribution >= 4 is 23.4 Å². The normalized spacial score (nSPS) is 11.3. The molecule has 0 saturated carbocycles. The van der Waals surface area contributed by atoms with E-state index in [2.05, 4.69) is 20.5 Å². The number of hydrogen-bond donors (Lipinski definition) is 1. The average Bonchev–Trinajstić information content (AvgIpc) is 2.58. The zero-order valence-electron chi connectivity index (χ0n) is 14.9. The van der Waals surface area contributed by atoms with Crippen molar-refractivity contribution in [2.24, 2.45) is 5.10 Å². The predicted molar refractivity (Wildman–Crippen MR) is 100 cm³/mol. The number of aryl methyl sites for hydroxylation is 2. The molecule has 1 aromatic heterocycles. The second-order valence-corrected chi connectivity index (χ2v) is 6.35. The van der Waals surface area contributed by atoms with E-state index >= 15 is 0 Å². The van der Waals surface area contributed by atoms with Crippen molar-refractivity contribution in [3.8, 4) is 5.75 Å². The van der Waals surface area contributed by atoms with Crippen LogP contribution in [0.1, 0.15) is 30.8 Å². The van der Waals surface area contributed by atoms with Gasteiger partial charge in [0.15, 0.2) is 5.16 Å². The van der Waals surface area contributed by atoms with Crippen molar-refractivity contribution in [1.82, 2.24) is 15.4 Å². The molecule has 2 aromatic rings. The van der Waals surface area contributed by atoms with Gasteiger partial charge < -0.3 is 4.74 Å². The summed E-state index contributed by atoms with van der Waals surface area (Å²) in [6.07, 6.45) is 0. The Balaban J connectivity index is 1.88. The highest BCUT2D eigenvalue weighted by Crippen LogP contribution is 2.14. The quantitative estimate of drug-likeness (QED) is 0.356. The van der Waals surface area contributed by atoms with E-state index in [1.54, 1.807) is 0 Å². The standard InChI is InChI=1S/C18H22N4O2S/c1-5-24-16-8-6-15(7-9-16)14(4)21-22-17(23)11-25-18-19-12(2)10-13(3)20-18/h6-10H,5,11H2,1-4H3,(H,22,23). The third-order valence-electron chi connectivity index (χ3n) is 3.23. The molecule has 7 heteroatoms. The second-order valence-electron chi connectivity index (χ2n) is 5.41. The topological polar surface area (TPSA) is 76.5 Å². The molecule has 0 spiro atoms. The summed E-state index contributed by atoms with van der Waals surface area (Å²) in [5.41, 5.74) is 5.99. The number of nitrogens with one attached hydrogen (secondary N) is 1. The van der Waals surface area contributed by atoms with Gasteiger partial charge in [-0.1, -0.05) is 11.8 Å². The van der Waals surface area contributed by atoms with Gasteiger partial charge in [-0.15, -0.1) is 0 Å². The molecule has 0 aliphatic heterocycles. The number of hydrogen-bond acceptors (Lipinski definition) is 6. The van der Waals surface area contributed by atoms with E-state index in [0.29, 0.717) is 11.8 Å². The molecule has 0 saturated heterocycles. The summed E-state index contributed by atoms with van der Waals surface area (Å²) in [7, 11) is 0. The molecule has 25 heavy (non-hydrogen) atoms. The first-order chi connectivity index (χ1) is 12.0. The summed E-state index contributed by atoms with van der Waals surface area (Å²) < 4.78 is 5.41. The lowest BCUT2D eigenvalue weighted by Crippen LogP contribution is -2.21. The number of ether oxygens (including phenoxy) is 1. The maximum Gasteiger partial charge on any atom is 0.250 e. The molecule has 0 radical (unpaired) electrons. The molecule has 0 atom stereocenters. The highest BCUT2D eigenvalue weighted by molar-refractivity contribution is 7.99. The van der Waals surface area contributed by atoms with Crippen molar-refractivity contribution in [3.05, 3.63) is 47.3 Å². The van der Waals surface area contributed by atoms with Crippen molar-refractivity contribution in [1.29, 1.82) is 0 Å². The number of aromatic nitrogens is 2. The van der Waals surface area contributed by atoms with Crippen molar-refractivity contribution in [2.45, 2.75) is 32.9 Å². The Kier molecular flexibility index (Phi) is 6.94. The van der Waals surface area contributed by atoms with E-state index in [0.717, 1.165) is 28.4 Å². The first-order valence-corrected chi connectivity index (χ1v) is 8.98. The Bertz CT molecular complexity index is 740. The minimum absolute atomic E-state index is 0.196. The van der Waals surface area contributed by atoms with Crippen LogP contribution in [0.15, 0.2) is 40.6 Å². The summed E-state index contributed by atoms with van der Waals surface area (Å²) in [5.74, 6) is 0.828. The predicted octanol–water partition coefficient (Wildman–Crippen LogP) is 3.12. The lowest BCUT2D eigenvalue weighted by molar-refractivity contribution is -0.118. The number of hydrazone groups is 1. The Morgan fingerprint density at radius 1 is 1.20 bits per heavy atom. The summed E-state index contributed by atoms with van der Waals surface area (Å²) in [4.78, 5) is 20.5. The fraction of sp³-hybridized carbons (Fsp3) is 0.333. The Morgan fingerprint density at radius 3 is 2.44 bits per heavy atom. The molecular weight excluding hydrogens is 336 g/mol. The monoisotopic (exact) mass is 358 g/mol. The Hall–Kier alpha value is -2.41. The highest BCUT2D eigenvalue weighted by atomic mass is 32.2.